The second-order valence-electron chi connectivity index (χ2n) is 3.93. The average Bonchev–Trinajstić information content (AvgIpc) is 2.25. The van der Waals surface area contributed by atoms with E-state index in [0.717, 1.165) is 25.1 Å². The van der Waals surface area contributed by atoms with Gasteiger partial charge in [-0.3, -0.25) is 4.79 Å². The molecule has 98 valence electrons. The summed E-state index contributed by atoms with van der Waals surface area (Å²) in [5.41, 5.74) is -2.49. The molecule has 18 heavy (non-hydrogen) atoms. The van der Waals surface area contributed by atoms with E-state index in [1.54, 1.807) is 0 Å². The van der Waals surface area contributed by atoms with Crippen LogP contribution in [0.5, 0.6) is 5.75 Å². The largest absolute Gasteiger partial charge is 0.508 e. The third-order valence-electron chi connectivity index (χ3n) is 2.25. The van der Waals surface area contributed by atoms with E-state index >= 15 is 0 Å². The molecule has 0 heterocycles. The summed E-state index contributed by atoms with van der Waals surface area (Å²) in [6, 6.07) is 2.92. The number of aliphatic carboxylic acids is 1. The molecule has 0 saturated carbocycles. The predicted octanol–water partition coefficient (Wildman–Crippen LogP) is 0.0967. The fraction of sp³-hybridized carbons (Fsp3) is 0.273. The van der Waals surface area contributed by atoms with Crippen LogP contribution >= 0.6 is 0 Å². The quantitative estimate of drug-likeness (QED) is 0.612. The van der Waals surface area contributed by atoms with Crippen molar-refractivity contribution in [2.24, 2.45) is 0 Å². The molecule has 0 radical (unpaired) electrons. The van der Waals surface area contributed by atoms with Gasteiger partial charge in [0.2, 0.25) is 0 Å². The molecule has 1 rings (SSSR count). The Kier molecular flexibility index (Phi) is 3.87. The van der Waals surface area contributed by atoms with E-state index in [4.69, 9.17) is 10.2 Å². The van der Waals surface area contributed by atoms with E-state index in [1.807, 2.05) is 0 Å². The van der Waals surface area contributed by atoms with Crippen LogP contribution in [0.25, 0.3) is 0 Å². The van der Waals surface area contributed by atoms with Crippen molar-refractivity contribution < 1.29 is 29.3 Å². The Morgan fingerprint density at radius 2 is 2.06 bits per heavy atom. The summed E-state index contributed by atoms with van der Waals surface area (Å²) in [5.74, 6) is -3.66. The first-order valence-electron chi connectivity index (χ1n) is 4.96. The van der Waals surface area contributed by atoms with Crippen LogP contribution in [-0.4, -0.2) is 39.3 Å². The van der Waals surface area contributed by atoms with Crippen molar-refractivity contribution in [1.29, 1.82) is 0 Å². The number of amides is 1. The standard InChI is InChI=1S/C11H12FNO5/c1-11(18,10(16)17)5-13-9(15)7-3-2-6(14)4-8(7)12/h2-4,14,18H,5H2,1H3,(H,13,15)(H,16,17). The topological polar surface area (TPSA) is 107 Å². The maximum atomic E-state index is 13.3. The Balaban J connectivity index is 2.75. The Hall–Kier alpha value is -2.15. The van der Waals surface area contributed by atoms with Crippen molar-refractivity contribution in [3.8, 4) is 5.75 Å². The molecule has 1 unspecified atom stereocenters. The van der Waals surface area contributed by atoms with Gasteiger partial charge in [-0.05, 0) is 19.1 Å². The summed E-state index contributed by atoms with van der Waals surface area (Å²) >= 11 is 0. The van der Waals surface area contributed by atoms with Gasteiger partial charge in [0.1, 0.15) is 11.6 Å². The zero-order valence-corrected chi connectivity index (χ0v) is 9.48. The van der Waals surface area contributed by atoms with Crippen molar-refractivity contribution in [1.82, 2.24) is 5.32 Å². The van der Waals surface area contributed by atoms with Gasteiger partial charge >= 0.3 is 5.97 Å². The van der Waals surface area contributed by atoms with Crippen LogP contribution in [0.15, 0.2) is 18.2 Å². The number of carboxylic acids is 1. The van der Waals surface area contributed by atoms with E-state index in [0.29, 0.717) is 0 Å². The number of carbonyl (C=O) groups is 2. The number of aliphatic hydroxyl groups is 1. The Labute approximate surface area is 102 Å². The van der Waals surface area contributed by atoms with Gasteiger partial charge in [-0.25, -0.2) is 9.18 Å². The molecule has 1 aromatic carbocycles. The number of carboxylic acid groups (broad SMARTS) is 1. The first-order chi connectivity index (χ1) is 8.24. The van der Waals surface area contributed by atoms with Crippen molar-refractivity contribution in [3.05, 3.63) is 29.6 Å². The molecule has 0 fully saturated rings. The number of hydrogen-bond donors (Lipinski definition) is 4. The molecule has 0 saturated heterocycles. The first kappa shape index (κ1) is 13.9. The zero-order chi connectivity index (χ0) is 13.9. The highest BCUT2D eigenvalue weighted by molar-refractivity contribution is 5.95. The molecule has 1 atom stereocenters. The lowest BCUT2D eigenvalue weighted by atomic mass is 10.1. The van der Waals surface area contributed by atoms with E-state index in [1.165, 1.54) is 0 Å². The molecule has 0 spiro atoms. The zero-order valence-electron chi connectivity index (χ0n) is 9.48. The lowest BCUT2D eigenvalue weighted by Gasteiger charge is -2.18. The molecule has 1 aromatic rings. The van der Waals surface area contributed by atoms with Crippen molar-refractivity contribution in [2.45, 2.75) is 12.5 Å². The maximum Gasteiger partial charge on any atom is 0.337 e. The summed E-state index contributed by atoms with van der Waals surface area (Å²) in [4.78, 5) is 22.1. The van der Waals surface area contributed by atoms with Gasteiger partial charge in [-0.1, -0.05) is 0 Å². The van der Waals surface area contributed by atoms with Crippen molar-refractivity contribution in [2.75, 3.05) is 6.54 Å². The van der Waals surface area contributed by atoms with Crippen molar-refractivity contribution in [3.63, 3.8) is 0 Å². The Morgan fingerprint density at radius 3 is 2.56 bits per heavy atom. The van der Waals surface area contributed by atoms with Crippen LogP contribution in [0.1, 0.15) is 17.3 Å². The summed E-state index contributed by atoms with van der Waals surface area (Å²) in [6.07, 6.45) is 0. The van der Waals surface area contributed by atoms with E-state index in [9.17, 15) is 19.1 Å². The fourth-order valence-electron chi connectivity index (χ4n) is 1.11. The summed E-state index contributed by atoms with van der Waals surface area (Å²) in [5, 5.41) is 29.0. The second kappa shape index (κ2) is 5.01. The second-order valence-corrected chi connectivity index (χ2v) is 3.93. The molecule has 0 aliphatic rings. The summed E-state index contributed by atoms with van der Waals surface area (Å²) in [7, 11) is 0. The SMILES string of the molecule is CC(O)(CNC(=O)c1ccc(O)cc1F)C(=O)O. The van der Waals surface area contributed by atoms with Gasteiger partial charge in [-0.15, -0.1) is 0 Å². The Bertz CT molecular complexity index is 486. The monoisotopic (exact) mass is 257 g/mol. The number of hydrogen-bond acceptors (Lipinski definition) is 4. The maximum absolute atomic E-state index is 13.3. The van der Waals surface area contributed by atoms with Crippen LogP contribution in [0.4, 0.5) is 4.39 Å². The van der Waals surface area contributed by atoms with Gasteiger partial charge in [-0.2, -0.15) is 0 Å². The summed E-state index contributed by atoms with van der Waals surface area (Å²) < 4.78 is 13.3. The molecular formula is C11H12FNO5. The normalized spacial score (nSPS) is 13.7. The third kappa shape index (κ3) is 3.17. The van der Waals surface area contributed by atoms with Crippen LogP contribution in [0, 0.1) is 5.82 Å². The lowest BCUT2D eigenvalue weighted by Crippen LogP contribution is -2.46. The smallest absolute Gasteiger partial charge is 0.337 e. The lowest BCUT2D eigenvalue weighted by molar-refractivity contribution is -0.155. The fourth-order valence-corrected chi connectivity index (χ4v) is 1.11. The van der Waals surface area contributed by atoms with Crippen LogP contribution in [0.2, 0.25) is 0 Å². The molecule has 6 nitrogen and oxygen atoms in total. The Morgan fingerprint density at radius 1 is 1.44 bits per heavy atom. The number of nitrogens with one attached hydrogen (secondary N) is 1. The minimum absolute atomic E-state index is 0.332. The number of carbonyl (C=O) groups excluding carboxylic acids is 1. The van der Waals surface area contributed by atoms with Gasteiger partial charge in [0, 0.05) is 6.07 Å². The predicted molar refractivity (Wildman–Crippen MR) is 58.7 cm³/mol. The van der Waals surface area contributed by atoms with Crippen molar-refractivity contribution >= 4 is 11.9 Å². The van der Waals surface area contributed by atoms with Gasteiger partial charge < -0.3 is 20.6 Å². The number of phenolic OH excluding ortho intramolecular Hbond substituents is 1. The number of benzene rings is 1. The van der Waals surface area contributed by atoms with E-state index in [2.05, 4.69) is 5.32 Å². The van der Waals surface area contributed by atoms with Crippen LogP contribution < -0.4 is 5.32 Å². The average molecular weight is 257 g/mol. The molecule has 0 bridgehead atoms. The molecule has 4 N–H and O–H groups in total. The minimum atomic E-state index is -2.14. The highest BCUT2D eigenvalue weighted by Gasteiger charge is 2.30. The number of phenols is 1. The van der Waals surface area contributed by atoms with E-state index < -0.39 is 29.8 Å². The molecular weight excluding hydrogens is 245 g/mol. The molecule has 0 aliphatic heterocycles. The van der Waals surface area contributed by atoms with Crippen LogP contribution in [-0.2, 0) is 4.79 Å². The van der Waals surface area contributed by atoms with Gasteiger partial charge in [0.15, 0.2) is 5.60 Å². The highest BCUT2D eigenvalue weighted by atomic mass is 19.1. The molecule has 0 aliphatic carbocycles. The third-order valence-corrected chi connectivity index (χ3v) is 2.25. The first-order valence-corrected chi connectivity index (χ1v) is 4.96. The molecule has 7 heteroatoms. The number of aromatic hydroxyl groups is 1. The highest BCUT2D eigenvalue weighted by Crippen LogP contribution is 2.15. The van der Waals surface area contributed by atoms with E-state index in [-0.39, 0.29) is 11.3 Å². The van der Waals surface area contributed by atoms with Crippen LogP contribution in [0.3, 0.4) is 0 Å². The van der Waals surface area contributed by atoms with Gasteiger partial charge in [0.05, 0.1) is 12.1 Å². The number of rotatable bonds is 4. The molecule has 1 amide bonds. The minimum Gasteiger partial charge on any atom is -0.508 e. The molecule has 0 aromatic heterocycles. The number of halogens is 1. The van der Waals surface area contributed by atoms with Gasteiger partial charge in [0.25, 0.3) is 5.91 Å². The summed E-state index contributed by atoms with van der Waals surface area (Å²) in [6.45, 7) is 0.435.